The summed E-state index contributed by atoms with van der Waals surface area (Å²) in [5, 5.41) is 10.0. The van der Waals surface area contributed by atoms with E-state index in [1.54, 1.807) is 44.2 Å². The van der Waals surface area contributed by atoms with Crippen molar-refractivity contribution >= 4 is 46.1 Å². The summed E-state index contributed by atoms with van der Waals surface area (Å²) >= 11 is 0. The van der Waals surface area contributed by atoms with Crippen molar-refractivity contribution in [3.63, 3.8) is 0 Å². The number of aliphatic imine (C=N–C) groups is 1. The summed E-state index contributed by atoms with van der Waals surface area (Å²) in [5.41, 5.74) is 12.1. The highest BCUT2D eigenvalue weighted by atomic mass is 16.5. The van der Waals surface area contributed by atoms with Gasteiger partial charge in [0, 0.05) is 18.7 Å². The van der Waals surface area contributed by atoms with Crippen molar-refractivity contribution in [2.24, 2.45) is 16.5 Å². The van der Waals surface area contributed by atoms with Crippen molar-refractivity contribution in [3.05, 3.63) is 78.4 Å². The van der Waals surface area contributed by atoms with Gasteiger partial charge in [0.05, 0.1) is 6.10 Å². The number of carbonyl (C=O) groups is 4. The minimum absolute atomic E-state index is 0.0786. The first-order valence-corrected chi connectivity index (χ1v) is 14.3. The van der Waals surface area contributed by atoms with Gasteiger partial charge < -0.3 is 32.2 Å². The summed E-state index contributed by atoms with van der Waals surface area (Å²) in [4.78, 5) is 55.5. The number of benzene rings is 3. The number of anilines is 1. The van der Waals surface area contributed by atoms with Crippen LogP contribution in [0, 0.1) is 0 Å². The van der Waals surface area contributed by atoms with Crippen LogP contribution in [0.2, 0.25) is 0 Å². The fraction of sp³-hybridized carbons (Fsp3) is 0.344. The molecule has 0 radical (unpaired) electrons. The van der Waals surface area contributed by atoms with E-state index in [0.29, 0.717) is 12.1 Å². The van der Waals surface area contributed by atoms with Crippen molar-refractivity contribution in [1.29, 1.82) is 0 Å². The molecule has 0 spiro atoms. The third-order valence-electron chi connectivity index (χ3n) is 6.03. The van der Waals surface area contributed by atoms with Gasteiger partial charge in [-0.25, -0.2) is 4.79 Å². The number of hydrogen-bond acceptors (Lipinski definition) is 6. The number of nitrogens with one attached hydrogen (secondary N) is 3. The van der Waals surface area contributed by atoms with Gasteiger partial charge in [0.1, 0.15) is 12.1 Å². The molecule has 0 aromatic heterocycles. The zero-order chi connectivity index (χ0) is 31.8. The topological polar surface area (TPSA) is 178 Å². The van der Waals surface area contributed by atoms with Crippen LogP contribution < -0.4 is 27.4 Å². The Balaban J connectivity index is 0.00000316. The molecule has 43 heavy (non-hydrogen) atoms. The summed E-state index contributed by atoms with van der Waals surface area (Å²) in [5.74, 6) is -3.33. The average Bonchev–Trinajstić information content (AvgIpc) is 2.99. The molecule has 0 heterocycles. The van der Waals surface area contributed by atoms with Crippen LogP contribution in [0.25, 0.3) is 10.8 Å². The molecule has 11 nitrogen and oxygen atoms in total. The number of ether oxygens (including phenoxy) is 1. The number of nitrogens with zero attached hydrogens (tertiary/aromatic N) is 1. The standard InChI is InChI=1S/C30H36N6O5.C2H6/c1-19(2)41-29(40)28(39)36-25(17-20-9-4-3-5-10-20)27(38)35-24(13-8-16-33-30(31)32)26(37)34-23-15-14-21-11-6-7-12-22(21)18-23;1-2/h3-7,9-12,14-15,18-19,24-25H,8,13,16-17H2,1-2H3,(H,34,37)(H,35,38)(H,36,39)(H4,31,32,33);1-2H3/t24-,25?;/m0./s1. The monoisotopic (exact) mass is 590 g/mol. The van der Waals surface area contributed by atoms with E-state index < -0.39 is 41.9 Å². The van der Waals surface area contributed by atoms with Gasteiger partial charge in [-0.1, -0.05) is 74.5 Å². The molecule has 1 unspecified atom stereocenters. The first kappa shape index (κ1) is 34.3. The largest absolute Gasteiger partial charge is 0.456 e. The van der Waals surface area contributed by atoms with E-state index in [-0.39, 0.29) is 25.3 Å². The number of esters is 1. The van der Waals surface area contributed by atoms with Crippen molar-refractivity contribution in [2.75, 3.05) is 11.9 Å². The fourth-order valence-electron chi connectivity index (χ4n) is 4.08. The summed E-state index contributed by atoms with van der Waals surface area (Å²) in [6.07, 6.45) is 0.178. The molecule has 0 aliphatic carbocycles. The lowest BCUT2D eigenvalue weighted by Crippen LogP contribution is -2.54. The third kappa shape index (κ3) is 11.8. The molecule has 0 aliphatic heterocycles. The molecule has 11 heteroatoms. The van der Waals surface area contributed by atoms with E-state index in [4.69, 9.17) is 16.2 Å². The number of hydrogen-bond donors (Lipinski definition) is 5. The van der Waals surface area contributed by atoms with Gasteiger partial charge in [-0.3, -0.25) is 19.4 Å². The number of rotatable bonds is 12. The Morgan fingerprint density at radius 3 is 2.12 bits per heavy atom. The van der Waals surface area contributed by atoms with E-state index >= 15 is 0 Å². The van der Waals surface area contributed by atoms with E-state index in [1.807, 2.05) is 56.3 Å². The van der Waals surface area contributed by atoms with Gasteiger partial charge in [-0.15, -0.1) is 0 Å². The van der Waals surface area contributed by atoms with Crippen LogP contribution in [0.3, 0.4) is 0 Å². The predicted octanol–water partition coefficient (Wildman–Crippen LogP) is 3.02. The molecule has 0 bridgehead atoms. The Morgan fingerprint density at radius 2 is 1.47 bits per heavy atom. The number of guanidine groups is 1. The Kier molecular flexibility index (Phi) is 14.2. The zero-order valence-corrected chi connectivity index (χ0v) is 25.1. The molecule has 0 saturated carbocycles. The molecule has 0 fully saturated rings. The Labute approximate surface area is 252 Å². The maximum Gasteiger partial charge on any atom is 0.397 e. The highest BCUT2D eigenvalue weighted by Crippen LogP contribution is 2.19. The van der Waals surface area contributed by atoms with Gasteiger partial charge in [-0.2, -0.15) is 0 Å². The van der Waals surface area contributed by atoms with E-state index in [0.717, 1.165) is 16.3 Å². The second-order valence-electron chi connectivity index (χ2n) is 9.73. The first-order chi connectivity index (χ1) is 20.6. The predicted molar refractivity (Wildman–Crippen MR) is 169 cm³/mol. The maximum atomic E-state index is 13.5. The Bertz CT molecular complexity index is 1390. The van der Waals surface area contributed by atoms with Gasteiger partial charge in [-0.05, 0) is 55.2 Å². The van der Waals surface area contributed by atoms with Crippen molar-refractivity contribution in [1.82, 2.24) is 10.6 Å². The molecular weight excluding hydrogens is 548 g/mol. The van der Waals surface area contributed by atoms with Gasteiger partial charge >= 0.3 is 11.9 Å². The van der Waals surface area contributed by atoms with E-state index in [2.05, 4.69) is 20.9 Å². The molecule has 2 atom stereocenters. The molecular formula is C32H42N6O5. The Hall–Kier alpha value is -4.93. The molecule has 0 aliphatic rings. The molecule has 3 aromatic carbocycles. The number of nitrogens with two attached hydrogens (primary N) is 2. The SMILES string of the molecule is CC.CC(C)OC(=O)C(=O)NC(Cc1ccccc1)C(=O)N[C@@H](CCCN=C(N)N)C(=O)Nc1ccc2ccccc2c1. The summed E-state index contributed by atoms with van der Waals surface area (Å²) in [6.45, 7) is 7.48. The van der Waals surface area contributed by atoms with Crippen molar-refractivity contribution in [3.8, 4) is 0 Å². The van der Waals surface area contributed by atoms with Crippen LogP contribution in [0.1, 0.15) is 46.1 Å². The molecule has 3 aromatic rings. The second kappa shape index (κ2) is 17.8. The Morgan fingerprint density at radius 1 is 0.814 bits per heavy atom. The summed E-state index contributed by atoms with van der Waals surface area (Å²) in [7, 11) is 0. The molecule has 7 N–H and O–H groups in total. The quantitative estimate of drug-likeness (QED) is 0.0707. The smallest absolute Gasteiger partial charge is 0.397 e. The molecule has 3 rings (SSSR count). The van der Waals surface area contributed by atoms with Gasteiger partial charge in [0.15, 0.2) is 5.96 Å². The average molecular weight is 591 g/mol. The molecule has 0 saturated heterocycles. The highest BCUT2D eigenvalue weighted by molar-refractivity contribution is 6.33. The number of fused-ring (bicyclic) bond motifs is 1. The van der Waals surface area contributed by atoms with E-state index in [9.17, 15) is 19.2 Å². The van der Waals surface area contributed by atoms with Crippen LogP contribution in [0.4, 0.5) is 5.69 Å². The third-order valence-corrected chi connectivity index (χ3v) is 6.03. The zero-order valence-electron chi connectivity index (χ0n) is 25.1. The number of carbonyl (C=O) groups excluding carboxylic acids is 4. The second-order valence-corrected chi connectivity index (χ2v) is 9.73. The van der Waals surface area contributed by atoms with Gasteiger partial charge in [0.2, 0.25) is 11.8 Å². The van der Waals surface area contributed by atoms with Crippen molar-refractivity contribution in [2.45, 2.75) is 65.1 Å². The lowest BCUT2D eigenvalue weighted by molar-refractivity contribution is -0.158. The van der Waals surface area contributed by atoms with Crippen molar-refractivity contribution < 1.29 is 23.9 Å². The molecule has 3 amide bonds. The minimum Gasteiger partial charge on any atom is -0.456 e. The normalized spacial score (nSPS) is 11.7. The minimum atomic E-state index is -1.15. The first-order valence-electron chi connectivity index (χ1n) is 14.3. The van der Waals surface area contributed by atoms with Crippen LogP contribution >= 0.6 is 0 Å². The van der Waals surface area contributed by atoms with Crippen LogP contribution in [0.5, 0.6) is 0 Å². The summed E-state index contributed by atoms with van der Waals surface area (Å²) < 4.78 is 4.96. The summed E-state index contributed by atoms with van der Waals surface area (Å²) in [6, 6.07) is 20.1. The van der Waals surface area contributed by atoms with Crippen LogP contribution in [0.15, 0.2) is 77.8 Å². The van der Waals surface area contributed by atoms with E-state index in [1.165, 1.54) is 0 Å². The lowest BCUT2D eigenvalue weighted by Gasteiger charge is -2.23. The van der Waals surface area contributed by atoms with Gasteiger partial charge in [0.25, 0.3) is 0 Å². The van der Waals surface area contributed by atoms with Crippen LogP contribution in [-0.4, -0.2) is 54.4 Å². The maximum absolute atomic E-state index is 13.5. The van der Waals surface area contributed by atoms with Crippen LogP contribution in [-0.2, 0) is 30.3 Å². The highest BCUT2D eigenvalue weighted by Gasteiger charge is 2.29. The number of amides is 3. The lowest BCUT2D eigenvalue weighted by atomic mass is 10.0. The fourth-order valence-corrected chi connectivity index (χ4v) is 4.08. The molecule has 230 valence electrons.